The minimum Gasteiger partial charge on any atom is -0.494 e. The zero-order valence-electron chi connectivity index (χ0n) is 15.3. The van der Waals surface area contributed by atoms with Gasteiger partial charge in [-0.2, -0.15) is 5.10 Å². The number of rotatable bonds is 8. The minimum absolute atomic E-state index is 0.0778. The highest BCUT2D eigenvalue weighted by molar-refractivity contribution is 6.30. The number of nitrogens with zero attached hydrogens (tertiary/aromatic N) is 1. The van der Waals surface area contributed by atoms with Crippen LogP contribution in [0.2, 0.25) is 5.02 Å². The maximum absolute atomic E-state index is 12.1. The average molecular weight is 388 g/mol. The first-order chi connectivity index (χ1) is 13.0. The van der Waals surface area contributed by atoms with Gasteiger partial charge in [-0.05, 0) is 55.8 Å². The number of carbonyl (C=O) groups excluding carboxylic acids is 2. The molecule has 0 saturated heterocycles. The molecule has 0 fully saturated rings. The van der Waals surface area contributed by atoms with E-state index in [2.05, 4.69) is 15.8 Å². The van der Waals surface area contributed by atoms with Gasteiger partial charge in [0.25, 0.3) is 0 Å². The zero-order valence-corrected chi connectivity index (χ0v) is 16.0. The number of nitrogens with one attached hydrogen (secondary N) is 2. The van der Waals surface area contributed by atoms with Crippen molar-refractivity contribution in [3.8, 4) is 5.75 Å². The molecule has 0 aromatic heterocycles. The van der Waals surface area contributed by atoms with Crippen LogP contribution in [0.3, 0.4) is 0 Å². The Labute approximate surface area is 163 Å². The topological polar surface area (TPSA) is 79.8 Å². The van der Waals surface area contributed by atoms with Crippen molar-refractivity contribution in [1.82, 2.24) is 5.43 Å². The van der Waals surface area contributed by atoms with Crippen LogP contribution in [0.25, 0.3) is 0 Å². The molecule has 2 aromatic carbocycles. The second-order valence-electron chi connectivity index (χ2n) is 5.87. The third kappa shape index (κ3) is 7.50. The largest absolute Gasteiger partial charge is 0.494 e. The highest BCUT2D eigenvalue weighted by Gasteiger charge is 2.07. The number of halogens is 1. The van der Waals surface area contributed by atoms with Gasteiger partial charge in [0.05, 0.1) is 19.4 Å². The lowest BCUT2D eigenvalue weighted by atomic mass is 10.1. The Morgan fingerprint density at radius 2 is 1.70 bits per heavy atom. The predicted molar refractivity (Wildman–Crippen MR) is 107 cm³/mol. The van der Waals surface area contributed by atoms with Gasteiger partial charge >= 0.3 is 0 Å². The molecule has 0 aliphatic heterocycles. The summed E-state index contributed by atoms with van der Waals surface area (Å²) in [7, 11) is 0. The Balaban J connectivity index is 1.78. The van der Waals surface area contributed by atoms with Crippen molar-refractivity contribution in [3.05, 3.63) is 59.1 Å². The molecular formula is C20H22ClN3O3. The van der Waals surface area contributed by atoms with Crippen LogP contribution in [0.1, 0.15) is 25.8 Å². The van der Waals surface area contributed by atoms with Gasteiger partial charge in [0.2, 0.25) is 11.8 Å². The van der Waals surface area contributed by atoms with Crippen LogP contribution < -0.4 is 15.5 Å². The van der Waals surface area contributed by atoms with Crippen molar-refractivity contribution in [3.63, 3.8) is 0 Å². The lowest BCUT2D eigenvalue weighted by molar-refractivity contribution is -0.120. The van der Waals surface area contributed by atoms with Crippen LogP contribution in [-0.4, -0.2) is 24.1 Å². The Kier molecular flexibility index (Phi) is 7.82. The third-order valence-electron chi connectivity index (χ3n) is 3.51. The van der Waals surface area contributed by atoms with E-state index < -0.39 is 0 Å². The van der Waals surface area contributed by atoms with Crippen LogP contribution in [0.5, 0.6) is 5.75 Å². The third-order valence-corrected chi connectivity index (χ3v) is 3.77. The van der Waals surface area contributed by atoms with E-state index in [-0.39, 0.29) is 24.7 Å². The molecule has 0 unspecified atom stereocenters. The Morgan fingerprint density at radius 1 is 1.04 bits per heavy atom. The van der Waals surface area contributed by atoms with Crippen molar-refractivity contribution in [2.45, 2.75) is 26.7 Å². The predicted octanol–water partition coefficient (Wildman–Crippen LogP) is 3.80. The fraction of sp³-hybridized carbons (Fsp3) is 0.250. The molecule has 2 rings (SSSR count). The molecule has 0 saturated carbocycles. The second kappa shape index (κ2) is 10.3. The molecule has 0 aliphatic rings. The second-order valence-corrected chi connectivity index (χ2v) is 6.30. The van der Waals surface area contributed by atoms with Crippen LogP contribution in [-0.2, 0) is 16.0 Å². The lowest BCUT2D eigenvalue weighted by Gasteiger charge is -2.07. The van der Waals surface area contributed by atoms with Crippen molar-refractivity contribution in [1.29, 1.82) is 0 Å². The molecule has 142 valence electrons. The summed E-state index contributed by atoms with van der Waals surface area (Å²) < 4.78 is 5.35. The summed E-state index contributed by atoms with van der Waals surface area (Å²) in [6.45, 7) is 4.18. The average Bonchev–Trinajstić information content (AvgIpc) is 2.64. The quantitative estimate of drug-likeness (QED) is 0.534. The van der Waals surface area contributed by atoms with Crippen molar-refractivity contribution in [2.75, 3.05) is 11.9 Å². The van der Waals surface area contributed by atoms with Crippen molar-refractivity contribution >= 4 is 34.8 Å². The van der Waals surface area contributed by atoms with Crippen LogP contribution >= 0.6 is 11.6 Å². The van der Waals surface area contributed by atoms with Gasteiger partial charge in [0, 0.05) is 16.4 Å². The number of benzene rings is 2. The first kappa shape index (κ1) is 20.5. The molecule has 2 aromatic rings. The molecule has 0 aliphatic carbocycles. The fourth-order valence-electron chi connectivity index (χ4n) is 2.26. The summed E-state index contributed by atoms with van der Waals surface area (Å²) in [6.07, 6.45) is 0.265. The van der Waals surface area contributed by atoms with Crippen molar-refractivity contribution in [2.24, 2.45) is 5.10 Å². The summed E-state index contributed by atoms with van der Waals surface area (Å²) in [6, 6.07) is 14.1. The van der Waals surface area contributed by atoms with Gasteiger partial charge in [-0.3, -0.25) is 9.59 Å². The highest BCUT2D eigenvalue weighted by Crippen LogP contribution is 2.15. The van der Waals surface area contributed by atoms with E-state index in [0.717, 1.165) is 11.3 Å². The fourth-order valence-corrected chi connectivity index (χ4v) is 2.39. The summed E-state index contributed by atoms with van der Waals surface area (Å²) in [5, 5.41) is 7.36. The molecule has 6 nitrogen and oxygen atoms in total. The Morgan fingerprint density at radius 3 is 2.33 bits per heavy atom. The minimum atomic E-state index is -0.261. The summed E-state index contributed by atoms with van der Waals surface area (Å²) in [5.74, 6) is 0.271. The van der Waals surface area contributed by atoms with Crippen LogP contribution in [0, 0.1) is 0 Å². The number of ether oxygens (including phenoxy) is 1. The van der Waals surface area contributed by atoms with E-state index in [1.807, 2.05) is 6.92 Å². The molecule has 7 heteroatoms. The summed E-state index contributed by atoms with van der Waals surface area (Å²) >= 11 is 5.81. The Hall–Kier alpha value is -2.86. The smallest absolute Gasteiger partial charge is 0.244 e. The first-order valence-corrected chi connectivity index (χ1v) is 8.93. The number of amides is 2. The molecule has 2 N–H and O–H groups in total. The van der Waals surface area contributed by atoms with E-state index in [1.54, 1.807) is 55.5 Å². The standard InChI is InChI=1S/C20H22ClN3O3/c1-3-27-18-10-8-17(9-11-18)22-19(25)12-14(2)23-24-20(26)13-15-4-6-16(21)7-5-15/h4-11H,3,12-13H2,1-2H3,(H,22,25)(H,24,26)/b23-14-. The van der Waals surface area contributed by atoms with Crippen molar-refractivity contribution < 1.29 is 14.3 Å². The molecule has 0 atom stereocenters. The Bertz CT molecular complexity index is 802. The van der Waals surface area contributed by atoms with E-state index in [9.17, 15) is 9.59 Å². The van der Waals surface area contributed by atoms with E-state index in [1.165, 1.54) is 0 Å². The summed E-state index contributed by atoms with van der Waals surface area (Å²) in [5.41, 5.74) is 4.46. The van der Waals surface area contributed by atoms with Crippen LogP contribution in [0.4, 0.5) is 5.69 Å². The monoisotopic (exact) mass is 387 g/mol. The van der Waals surface area contributed by atoms with Gasteiger partial charge in [-0.1, -0.05) is 23.7 Å². The number of hydrazone groups is 1. The molecule has 27 heavy (non-hydrogen) atoms. The maximum atomic E-state index is 12.1. The number of anilines is 1. The van der Waals surface area contributed by atoms with Gasteiger partial charge in [-0.25, -0.2) is 5.43 Å². The molecular weight excluding hydrogens is 366 g/mol. The van der Waals surface area contributed by atoms with Gasteiger partial charge < -0.3 is 10.1 Å². The summed E-state index contributed by atoms with van der Waals surface area (Å²) in [4.78, 5) is 24.0. The molecule has 2 amide bonds. The maximum Gasteiger partial charge on any atom is 0.244 e. The first-order valence-electron chi connectivity index (χ1n) is 8.55. The zero-order chi connectivity index (χ0) is 19.6. The van der Waals surface area contributed by atoms with E-state index >= 15 is 0 Å². The van der Waals surface area contributed by atoms with Gasteiger partial charge in [-0.15, -0.1) is 0 Å². The molecule has 0 spiro atoms. The normalized spacial score (nSPS) is 11.0. The van der Waals surface area contributed by atoms with Crippen LogP contribution in [0.15, 0.2) is 53.6 Å². The van der Waals surface area contributed by atoms with E-state index in [4.69, 9.17) is 16.3 Å². The number of hydrogen-bond acceptors (Lipinski definition) is 4. The lowest BCUT2D eigenvalue weighted by Crippen LogP contribution is -2.22. The highest BCUT2D eigenvalue weighted by atomic mass is 35.5. The molecule has 0 radical (unpaired) electrons. The number of carbonyl (C=O) groups is 2. The van der Waals surface area contributed by atoms with Gasteiger partial charge in [0.15, 0.2) is 0 Å². The van der Waals surface area contributed by atoms with Gasteiger partial charge in [0.1, 0.15) is 5.75 Å². The van der Waals surface area contributed by atoms with E-state index in [0.29, 0.717) is 23.0 Å². The molecule has 0 bridgehead atoms. The molecule has 0 heterocycles. The SMILES string of the molecule is CCOc1ccc(NC(=O)C/C(C)=N\NC(=O)Cc2ccc(Cl)cc2)cc1. The number of hydrogen-bond donors (Lipinski definition) is 2.